The molecule has 24 heavy (non-hydrogen) atoms. The molecule has 3 rings (SSSR count). The summed E-state index contributed by atoms with van der Waals surface area (Å²) in [7, 11) is 4.00. The number of rotatable bonds is 5. The molecule has 0 aromatic carbocycles. The Kier molecular flexibility index (Phi) is 4.48. The van der Waals surface area contributed by atoms with Crippen LogP contribution in [0, 0.1) is 6.92 Å². The maximum Gasteiger partial charge on any atom is 0.351 e. The van der Waals surface area contributed by atoms with Crippen LogP contribution < -0.4 is 5.69 Å². The summed E-state index contributed by atoms with van der Waals surface area (Å²) in [6.45, 7) is 9.76. The van der Waals surface area contributed by atoms with Gasteiger partial charge >= 0.3 is 5.69 Å². The number of thiophene rings is 1. The summed E-state index contributed by atoms with van der Waals surface area (Å²) >= 11 is 1.70. The summed E-state index contributed by atoms with van der Waals surface area (Å²) in [5.74, 6) is 0.955. The molecule has 7 heteroatoms. The molecule has 0 aliphatic rings. The van der Waals surface area contributed by atoms with Gasteiger partial charge in [0.05, 0.1) is 11.9 Å². The Balaban J connectivity index is 2.37. The summed E-state index contributed by atoms with van der Waals surface area (Å²) < 4.78 is 3.29. The Morgan fingerprint density at radius 2 is 2.00 bits per heavy atom. The normalized spacial score (nSPS) is 12.3. The third kappa shape index (κ3) is 2.65. The Morgan fingerprint density at radius 1 is 1.29 bits per heavy atom. The van der Waals surface area contributed by atoms with E-state index in [1.54, 1.807) is 20.4 Å². The van der Waals surface area contributed by atoms with Crippen molar-refractivity contribution in [2.75, 3.05) is 20.6 Å². The largest absolute Gasteiger partial charge is 0.351 e. The number of nitrogens with zero attached hydrogens (tertiary/aromatic N) is 5. The van der Waals surface area contributed by atoms with E-state index < -0.39 is 0 Å². The molecule has 0 radical (unpaired) electrons. The molecule has 0 bridgehead atoms. The lowest BCUT2D eigenvalue weighted by Gasteiger charge is -2.08. The van der Waals surface area contributed by atoms with Crippen molar-refractivity contribution in [2.45, 2.75) is 46.6 Å². The molecule has 130 valence electrons. The van der Waals surface area contributed by atoms with Crippen LogP contribution in [0.1, 0.15) is 43.0 Å². The van der Waals surface area contributed by atoms with E-state index in [4.69, 9.17) is 4.98 Å². The van der Waals surface area contributed by atoms with Gasteiger partial charge in [-0.3, -0.25) is 0 Å². The van der Waals surface area contributed by atoms with Crippen molar-refractivity contribution in [3.05, 3.63) is 26.7 Å². The molecule has 0 amide bonds. The average molecular weight is 347 g/mol. The Hall–Kier alpha value is -1.73. The van der Waals surface area contributed by atoms with Crippen molar-refractivity contribution in [1.29, 1.82) is 0 Å². The molecule has 0 spiro atoms. The van der Waals surface area contributed by atoms with Crippen LogP contribution in [-0.2, 0) is 13.0 Å². The molecule has 0 N–H and O–H groups in total. The predicted octanol–water partition coefficient (Wildman–Crippen LogP) is 2.66. The summed E-state index contributed by atoms with van der Waals surface area (Å²) in [5, 5.41) is 5.73. The highest BCUT2D eigenvalue weighted by molar-refractivity contribution is 7.18. The van der Waals surface area contributed by atoms with Gasteiger partial charge in [-0.15, -0.1) is 16.4 Å². The fourth-order valence-corrected chi connectivity index (χ4v) is 4.17. The topological polar surface area (TPSA) is 55.4 Å². The molecule has 0 fully saturated rings. The molecule has 3 aromatic heterocycles. The van der Waals surface area contributed by atoms with Gasteiger partial charge in [0.25, 0.3) is 0 Å². The molecule has 0 saturated carbocycles. The van der Waals surface area contributed by atoms with Gasteiger partial charge in [-0.05, 0) is 33.0 Å². The molecule has 0 unspecified atom stereocenters. The minimum Gasteiger partial charge on any atom is -0.308 e. The number of aryl methyl sites for hydroxylation is 2. The van der Waals surface area contributed by atoms with Gasteiger partial charge in [-0.25, -0.2) is 18.9 Å². The SMILES string of the molecule is CCc1c(C)sc2nc(C(C)C)n3c(=O)n(CCN(C)C)nc3c12. The first-order valence-electron chi connectivity index (χ1n) is 8.41. The first-order valence-corrected chi connectivity index (χ1v) is 9.23. The number of fused-ring (bicyclic) bond motifs is 3. The van der Waals surface area contributed by atoms with Crippen molar-refractivity contribution in [1.82, 2.24) is 24.1 Å². The minimum atomic E-state index is -0.0872. The van der Waals surface area contributed by atoms with Crippen LogP contribution in [-0.4, -0.2) is 44.7 Å². The van der Waals surface area contributed by atoms with Gasteiger partial charge < -0.3 is 4.90 Å². The smallest absolute Gasteiger partial charge is 0.308 e. The van der Waals surface area contributed by atoms with Gasteiger partial charge in [0, 0.05) is 17.3 Å². The quantitative estimate of drug-likeness (QED) is 0.712. The summed E-state index contributed by atoms with van der Waals surface area (Å²) in [4.78, 5) is 22.1. The lowest BCUT2D eigenvalue weighted by atomic mass is 10.1. The molecule has 0 atom stereocenters. The van der Waals surface area contributed by atoms with Crippen molar-refractivity contribution in [3.8, 4) is 0 Å². The van der Waals surface area contributed by atoms with Gasteiger partial charge in [0.2, 0.25) is 0 Å². The summed E-state index contributed by atoms with van der Waals surface area (Å²) in [5.41, 5.74) is 1.93. The Morgan fingerprint density at radius 3 is 2.58 bits per heavy atom. The second-order valence-corrected chi connectivity index (χ2v) is 7.97. The van der Waals surface area contributed by atoms with E-state index in [0.29, 0.717) is 6.54 Å². The predicted molar refractivity (Wildman–Crippen MR) is 99.4 cm³/mol. The lowest BCUT2D eigenvalue weighted by Crippen LogP contribution is -2.28. The highest BCUT2D eigenvalue weighted by Gasteiger charge is 2.21. The van der Waals surface area contributed by atoms with Crippen LogP contribution in [0.15, 0.2) is 4.79 Å². The van der Waals surface area contributed by atoms with Crippen molar-refractivity contribution in [3.63, 3.8) is 0 Å². The van der Waals surface area contributed by atoms with E-state index in [1.807, 2.05) is 14.1 Å². The van der Waals surface area contributed by atoms with Crippen LogP contribution in [0.25, 0.3) is 15.9 Å². The first-order chi connectivity index (χ1) is 11.3. The van der Waals surface area contributed by atoms with E-state index in [0.717, 1.165) is 34.7 Å². The zero-order valence-electron chi connectivity index (χ0n) is 15.3. The number of likely N-dealkylation sites (N-methyl/N-ethyl adjacent to an activating group) is 1. The fourth-order valence-electron chi connectivity index (χ4n) is 3.06. The second kappa shape index (κ2) is 6.29. The van der Waals surface area contributed by atoms with Gasteiger partial charge in [-0.1, -0.05) is 20.8 Å². The van der Waals surface area contributed by atoms with Gasteiger partial charge in [0.15, 0.2) is 5.65 Å². The van der Waals surface area contributed by atoms with Crippen molar-refractivity contribution in [2.24, 2.45) is 0 Å². The highest BCUT2D eigenvalue weighted by Crippen LogP contribution is 2.33. The molecule has 3 heterocycles. The van der Waals surface area contributed by atoms with Crippen molar-refractivity contribution >= 4 is 27.2 Å². The molecular weight excluding hydrogens is 322 g/mol. The van der Waals surface area contributed by atoms with Crippen LogP contribution in [0.5, 0.6) is 0 Å². The zero-order valence-corrected chi connectivity index (χ0v) is 16.1. The molecule has 0 aliphatic heterocycles. The standard InChI is InChI=1S/C17H25N5OS/c1-7-12-11(4)24-16-13(12)15-19-21(9-8-20(5)6)17(23)22(15)14(18-16)10(2)3/h10H,7-9H2,1-6H3. The van der Waals surface area contributed by atoms with Crippen LogP contribution in [0.2, 0.25) is 0 Å². The lowest BCUT2D eigenvalue weighted by molar-refractivity contribution is 0.369. The van der Waals surface area contributed by atoms with Gasteiger partial charge in [0.1, 0.15) is 10.7 Å². The molecule has 3 aromatic rings. The second-order valence-electron chi connectivity index (χ2n) is 6.76. The number of hydrogen-bond acceptors (Lipinski definition) is 5. The van der Waals surface area contributed by atoms with Crippen LogP contribution in [0.4, 0.5) is 0 Å². The van der Waals surface area contributed by atoms with E-state index in [1.165, 1.54) is 10.4 Å². The molecule has 0 saturated heterocycles. The molecule has 0 aliphatic carbocycles. The monoisotopic (exact) mass is 347 g/mol. The number of hydrogen-bond donors (Lipinski definition) is 0. The third-order valence-corrected chi connectivity index (χ3v) is 5.37. The highest BCUT2D eigenvalue weighted by atomic mass is 32.1. The maximum atomic E-state index is 12.9. The average Bonchev–Trinajstić information content (AvgIpc) is 3.00. The number of aromatic nitrogens is 4. The summed E-state index contributed by atoms with van der Waals surface area (Å²) in [6.07, 6.45) is 0.920. The molecular formula is C17H25N5OS. The van der Waals surface area contributed by atoms with Crippen LogP contribution in [0.3, 0.4) is 0 Å². The zero-order chi connectivity index (χ0) is 17.6. The minimum absolute atomic E-state index is 0.0872. The molecule has 6 nitrogen and oxygen atoms in total. The van der Waals surface area contributed by atoms with E-state index in [2.05, 4.69) is 37.7 Å². The summed E-state index contributed by atoms with van der Waals surface area (Å²) in [6, 6.07) is 0. The Labute approximate surface area is 145 Å². The third-order valence-electron chi connectivity index (χ3n) is 4.33. The Bertz CT molecular complexity index is 948. The van der Waals surface area contributed by atoms with E-state index >= 15 is 0 Å². The van der Waals surface area contributed by atoms with Crippen LogP contribution >= 0.6 is 11.3 Å². The van der Waals surface area contributed by atoms with E-state index in [-0.39, 0.29) is 11.6 Å². The van der Waals surface area contributed by atoms with E-state index in [9.17, 15) is 4.79 Å². The maximum absolute atomic E-state index is 12.9. The first kappa shape index (κ1) is 17.1. The fraction of sp³-hybridized carbons (Fsp3) is 0.588. The van der Waals surface area contributed by atoms with Crippen molar-refractivity contribution < 1.29 is 0 Å². The van der Waals surface area contributed by atoms with Gasteiger partial charge in [-0.2, -0.15) is 0 Å².